The van der Waals surface area contributed by atoms with Gasteiger partial charge in [0.25, 0.3) is 0 Å². The molecular formula is C29H36FN3O4. The van der Waals surface area contributed by atoms with Gasteiger partial charge in [-0.3, -0.25) is 9.78 Å². The van der Waals surface area contributed by atoms with Gasteiger partial charge in [-0.1, -0.05) is 27.7 Å². The van der Waals surface area contributed by atoms with Crippen molar-refractivity contribution in [1.29, 1.82) is 0 Å². The number of halogens is 1. The average molecular weight is 510 g/mol. The van der Waals surface area contributed by atoms with E-state index in [4.69, 9.17) is 14.2 Å². The molecule has 1 N–H and O–H groups in total. The molecule has 0 bridgehead atoms. The summed E-state index contributed by atoms with van der Waals surface area (Å²) < 4.78 is 32.4. The molecule has 1 amide bonds. The van der Waals surface area contributed by atoms with E-state index < -0.39 is 5.82 Å². The second-order valence-corrected chi connectivity index (χ2v) is 9.54. The molecule has 0 spiro atoms. The summed E-state index contributed by atoms with van der Waals surface area (Å²) in [6.07, 6.45) is 2.51. The highest BCUT2D eigenvalue weighted by Gasteiger charge is 2.48. The third kappa shape index (κ3) is 6.13. The highest BCUT2D eigenvalue weighted by Crippen LogP contribution is 2.46. The number of amides is 1. The molecule has 8 heteroatoms. The van der Waals surface area contributed by atoms with Crippen LogP contribution in [0.3, 0.4) is 0 Å². The van der Waals surface area contributed by atoms with E-state index in [0.717, 1.165) is 26.1 Å². The Morgan fingerprint density at radius 1 is 1.03 bits per heavy atom. The molecule has 0 radical (unpaired) electrons. The fraction of sp³-hybridized carbons (Fsp3) is 0.448. The molecule has 7 nitrogen and oxygen atoms in total. The first kappa shape index (κ1) is 26.7. The number of ether oxygens (including phenoxy) is 3. The standard InChI is InChI=1S/C29H36FN3O4/c1-6-33(7-2)13-8-14-36-27-17-23-21(16-26(27)35-5)24(11-12-31-23)37-25-10-9-20(15-22(25)30)32-29(34)28-18(3)19(28)4/h9-12,15-19,28H,6-8,13-14H2,1-5H3,(H,32,34). The van der Waals surface area contributed by atoms with Crippen LogP contribution in [0.4, 0.5) is 10.1 Å². The van der Waals surface area contributed by atoms with E-state index in [1.54, 1.807) is 31.5 Å². The smallest absolute Gasteiger partial charge is 0.228 e. The number of methoxy groups -OCH3 is 1. The van der Waals surface area contributed by atoms with Crippen molar-refractivity contribution in [3.8, 4) is 23.0 Å². The van der Waals surface area contributed by atoms with Gasteiger partial charge in [0.1, 0.15) is 5.75 Å². The van der Waals surface area contributed by atoms with Gasteiger partial charge in [-0.25, -0.2) is 4.39 Å². The Labute approximate surface area is 217 Å². The zero-order chi connectivity index (χ0) is 26.5. The first-order chi connectivity index (χ1) is 17.9. The Morgan fingerprint density at radius 3 is 2.43 bits per heavy atom. The highest BCUT2D eigenvalue weighted by molar-refractivity contribution is 5.95. The van der Waals surface area contributed by atoms with Gasteiger partial charge >= 0.3 is 0 Å². The highest BCUT2D eigenvalue weighted by atomic mass is 19.1. The lowest BCUT2D eigenvalue weighted by atomic mass is 10.1. The molecule has 37 heavy (non-hydrogen) atoms. The number of carbonyl (C=O) groups excluding carboxylic acids is 1. The summed E-state index contributed by atoms with van der Waals surface area (Å²) >= 11 is 0. The normalized spacial score (nSPS) is 18.6. The first-order valence-corrected chi connectivity index (χ1v) is 13.0. The molecule has 1 aromatic heterocycles. The van der Waals surface area contributed by atoms with Crippen molar-refractivity contribution in [3.63, 3.8) is 0 Å². The Morgan fingerprint density at radius 2 is 1.78 bits per heavy atom. The Balaban J connectivity index is 1.47. The van der Waals surface area contributed by atoms with Gasteiger partial charge in [-0.15, -0.1) is 0 Å². The molecule has 1 aliphatic carbocycles. The number of hydrogen-bond donors (Lipinski definition) is 1. The third-order valence-corrected chi connectivity index (χ3v) is 7.30. The second-order valence-electron chi connectivity index (χ2n) is 9.54. The molecule has 2 aromatic carbocycles. The lowest BCUT2D eigenvalue weighted by molar-refractivity contribution is -0.117. The maximum Gasteiger partial charge on any atom is 0.228 e. The lowest BCUT2D eigenvalue weighted by Gasteiger charge is -2.18. The summed E-state index contributed by atoms with van der Waals surface area (Å²) in [7, 11) is 1.58. The van der Waals surface area contributed by atoms with Crippen LogP contribution in [-0.4, -0.2) is 49.1 Å². The predicted octanol–water partition coefficient (Wildman–Crippen LogP) is 6.13. The lowest BCUT2D eigenvalue weighted by Crippen LogP contribution is -2.25. The minimum atomic E-state index is -0.570. The summed E-state index contributed by atoms with van der Waals surface area (Å²) in [4.78, 5) is 19.2. The van der Waals surface area contributed by atoms with Crippen LogP contribution < -0.4 is 19.5 Å². The molecule has 1 fully saturated rings. The van der Waals surface area contributed by atoms with Crippen molar-refractivity contribution in [3.05, 3.63) is 48.4 Å². The van der Waals surface area contributed by atoms with Crippen LogP contribution in [0.25, 0.3) is 10.9 Å². The number of pyridine rings is 1. The monoisotopic (exact) mass is 509 g/mol. The van der Waals surface area contributed by atoms with Crippen molar-refractivity contribution in [2.45, 2.75) is 34.1 Å². The molecule has 4 rings (SSSR count). The van der Waals surface area contributed by atoms with Crippen molar-refractivity contribution in [2.24, 2.45) is 17.8 Å². The Bertz CT molecular complexity index is 1240. The van der Waals surface area contributed by atoms with Crippen LogP contribution in [0.2, 0.25) is 0 Å². The Kier molecular flexibility index (Phi) is 8.48. The van der Waals surface area contributed by atoms with Gasteiger partial charge in [-0.05, 0) is 55.6 Å². The average Bonchev–Trinajstić information content (AvgIpc) is 3.50. The first-order valence-electron chi connectivity index (χ1n) is 13.0. The molecule has 2 unspecified atom stereocenters. The van der Waals surface area contributed by atoms with E-state index in [1.807, 2.05) is 19.9 Å². The molecular weight excluding hydrogens is 473 g/mol. The predicted molar refractivity (Wildman–Crippen MR) is 143 cm³/mol. The van der Waals surface area contributed by atoms with E-state index in [9.17, 15) is 9.18 Å². The van der Waals surface area contributed by atoms with Gasteiger partial charge in [0.2, 0.25) is 5.91 Å². The number of nitrogens with zero attached hydrogens (tertiary/aromatic N) is 2. The maximum atomic E-state index is 14.9. The fourth-order valence-corrected chi connectivity index (χ4v) is 4.65. The number of aromatic nitrogens is 1. The molecule has 198 valence electrons. The van der Waals surface area contributed by atoms with Gasteiger partial charge in [0, 0.05) is 41.9 Å². The summed E-state index contributed by atoms with van der Waals surface area (Å²) in [5.41, 5.74) is 1.05. The van der Waals surface area contributed by atoms with Gasteiger partial charge in [0.05, 0.1) is 19.2 Å². The van der Waals surface area contributed by atoms with E-state index in [-0.39, 0.29) is 17.6 Å². The van der Waals surface area contributed by atoms with Crippen LogP contribution in [0.1, 0.15) is 34.1 Å². The third-order valence-electron chi connectivity index (χ3n) is 7.30. The van der Waals surface area contributed by atoms with E-state index >= 15 is 0 Å². The second kappa shape index (κ2) is 11.8. The summed E-state index contributed by atoms with van der Waals surface area (Å²) in [6.45, 7) is 11.9. The quantitative estimate of drug-likeness (QED) is 0.296. The van der Waals surface area contributed by atoms with Crippen LogP contribution in [0.5, 0.6) is 23.0 Å². The van der Waals surface area contributed by atoms with Gasteiger partial charge in [-0.2, -0.15) is 0 Å². The zero-order valence-electron chi connectivity index (χ0n) is 22.2. The van der Waals surface area contributed by atoms with Gasteiger partial charge in [0.15, 0.2) is 23.1 Å². The van der Waals surface area contributed by atoms with Crippen LogP contribution in [0.15, 0.2) is 42.6 Å². The molecule has 0 saturated heterocycles. The van der Waals surface area contributed by atoms with Crippen molar-refractivity contribution in [1.82, 2.24) is 9.88 Å². The van der Waals surface area contributed by atoms with Crippen molar-refractivity contribution in [2.75, 3.05) is 38.7 Å². The number of benzene rings is 2. The van der Waals surface area contributed by atoms with E-state index in [1.165, 1.54) is 12.1 Å². The van der Waals surface area contributed by atoms with Gasteiger partial charge < -0.3 is 24.4 Å². The minimum Gasteiger partial charge on any atom is -0.493 e. The van der Waals surface area contributed by atoms with Crippen molar-refractivity contribution < 1.29 is 23.4 Å². The van der Waals surface area contributed by atoms with E-state index in [0.29, 0.717) is 52.3 Å². The van der Waals surface area contributed by atoms with E-state index in [2.05, 4.69) is 29.0 Å². The summed E-state index contributed by atoms with van der Waals surface area (Å²) in [6, 6.07) is 9.72. The zero-order valence-corrected chi connectivity index (χ0v) is 22.2. The number of fused-ring (bicyclic) bond motifs is 1. The molecule has 0 aliphatic heterocycles. The molecule has 1 aliphatic rings. The minimum absolute atomic E-state index is 0.0200. The number of nitrogens with one attached hydrogen (secondary N) is 1. The SMILES string of the molecule is CCN(CC)CCCOc1cc2nccc(Oc3ccc(NC(=O)C4C(C)C4C)cc3F)c2cc1OC. The summed E-state index contributed by atoms with van der Waals surface area (Å²) in [5, 5.41) is 3.47. The fourth-order valence-electron chi connectivity index (χ4n) is 4.65. The molecule has 1 heterocycles. The molecule has 3 aromatic rings. The number of anilines is 1. The molecule has 1 saturated carbocycles. The number of hydrogen-bond acceptors (Lipinski definition) is 6. The van der Waals surface area contributed by atoms with Crippen LogP contribution in [-0.2, 0) is 4.79 Å². The summed E-state index contributed by atoms with van der Waals surface area (Å²) in [5.74, 6) is 1.67. The Hall–Kier alpha value is -3.39. The number of carbonyl (C=O) groups is 1. The van der Waals surface area contributed by atoms with Crippen LogP contribution >= 0.6 is 0 Å². The van der Waals surface area contributed by atoms with Crippen molar-refractivity contribution >= 4 is 22.5 Å². The van der Waals surface area contributed by atoms with Crippen LogP contribution in [0, 0.1) is 23.6 Å². The molecule has 2 atom stereocenters. The number of rotatable bonds is 12. The maximum absolute atomic E-state index is 14.9. The largest absolute Gasteiger partial charge is 0.493 e. The topological polar surface area (TPSA) is 72.9 Å².